The summed E-state index contributed by atoms with van der Waals surface area (Å²) in [7, 11) is 0. The van der Waals surface area contributed by atoms with Gasteiger partial charge in [0.1, 0.15) is 10.9 Å². The van der Waals surface area contributed by atoms with Gasteiger partial charge in [0.05, 0.1) is 16.9 Å². The number of benzene rings is 1. The smallest absolute Gasteiger partial charge is 0.266 e. The van der Waals surface area contributed by atoms with Crippen molar-refractivity contribution in [3.05, 3.63) is 40.3 Å². The zero-order chi connectivity index (χ0) is 19.3. The first kappa shape index (κ1) is 20.1. The molecule has 1 N–H and O–H groups in total. The number of thiocarbonyl (C=S) groups is 1. The summed E-state index contributed by atoms with van der Waals surface area (Å²) in [6.45, 7) is 3.46. The number of carboxylic acid groups (broad SMARTS) is 1. The molecule has 1 aliphatic rings. The Morgan fingerprint density at radius 2 is 2.00 bits per heavy atom. The first-order valence-corrected chi connectivity index (χ1v) is 9.36. The third-order valence-corrected chi connectivity index (χ3v) is 5.13. The normalized spacial score (nSPS) is 16.8. The highest BCUT2D eigenvalue weighted by Crippen LogP contribution is 2.32. The number of carbonyl (C=O) groups excluding carboxylic acids is 3. The highest BCUT2D eigenvalue weighted by Gasteiger charge is 2.33. The van der Waals surface area contributed by atoms with Gasteiger partial charge in [-0.3, -0.25) is 14.5 Å². The van der Waals surface area contributed by atoms with Gasteiger partial charge < -0.3 is 15.2 Å². The van der Waals surface area contributed by atoms with Crippen molar-refractivity contribution in [1.82, 2.24) is 10.2 Å². The van der Waals surface area contributed by atoms with Gasteiger partial charge in [-0.05, 0) is 25.0 Å². The molecule has 2 rings (SSSR count). The quantitative estimate of drug-likeness (QED) is 0.555. The molecule has 1 aromatic rings. The largest absolute Gasteiger partial charge is 0.548 e. The molecule has 1 atom stereocenters. The lowest BCUT2D eigenvalue weighted by Crippen LogP contribution is -2.50. The summed E-state index contributed by atoms with van der Waals surface area (Å²) in [5.41, 5.74) is 1.97. The van der Waals surface area contributed by atoms with Crippen molar-refractivity contribution >= 4 is 52.2 Å². The minimum atomic E-state index is -1.34. The van der Waals surface area contributed by atoms with Crippen molar-refractivity contribution in [3.8, 4) is 0 Å². The van der Waals surface area contributed by atoms with E-state index < -0.39 is 17.9 Å². The Bertz CT molecular complexity index is 759. The standard InChI is InChI=1S/C18H20N2O4S2/c1-3-4-13(17(23)24)19-15(21)10-20-16(22)14(26-18(20)25)9-12-7-5-11(2)6-8-12/h5-9,13H,3-4,10H2,1-2H3,(H,19,21)(H,23,24)/p-1/b14-9+/t13-/m1/s1. The molecule has 0 bridgehead atoms. The van der Waals surface area contributed by atoms with Crippen LogP contribution in [0.4, 0.5) is 0 Å². The fourth-order valence-electron chi connectivity index (χ4n) is 2.37. The molecule has 0 saturated carbocycles. The summed E-state index contributed by atoms with van der Waals surface area (Å²) in [6, 6.07) is 6.59. The number of nitrogens with zero attached hydrogens (tertiary/aromatic N) is 1. The van der Waals surface area contributed by atoms with Gasteiger partial charge >= 0.3 is 0 Å². The molecular weight excluding hydrogens is 372 g/mol. The van der Waals surface area contributed by atoms with E-state index in [9.17, 15) is 19.5 Å². The molecule has 6 nitrogen and oxygen atoms in total. The Morgan fingerprint density at radius 3 is 2.58 bits per heavy atom. The number of amides is 2. The summed E-state index contributed by atoms with van der Waals surface area (Å²) in [5.74, 6) is -2.29. The lowest BCUT2D eigenvalue weighted by Gasteiger charge is -2.21. The molecule has 0 spiro atoms. The van der Waals surface area contributed by atoms with Crippen LogP contribution < -0.4 is 10.4 Å². The van der Waals surface area contributed by atoms with E-state index in [0.717, 1.165) is 22.9 Å². The van der Waals surface area contributed by atoms with Crippen LogP contribution >= 0.6 is 24.0 Å². The van der Waals surface area contributed by atoms with Gasteiger partial charge in [-0.15, -0.1) is 0 Å². The zero-order valence-electron chi connectivity index (χ0n) is 14.5. The van der Waals surface area contributed by atoms with Crippen molar-refractivity contribution in [2.75, 3.05) is 6.54 Å². The molecule has 0 aromatic heterocycles. The number of hydrogen-bond donors (Lipinski definition) is 1. The fraction of sp³-hybridized carbons (Fsp3) is 0.333. The van der Waals surface area contributed by atoms with Crippen molar-refractivity contribution in [1.29, 1.82) is 0 Å². The molecular formula is C18H19N2O4S2-. The fourth-order valence-corrected chi connectivity index (χ4v) is 3.63. The number of aryl methyl sites for hydroxylation is 1. The SMILES string of the molecule is CCC[C@@H](NC(=O)CN1C(=O)/C(=C\c2ccc(C)cc2)SC1=S)C(=O)[O-]. The van der Waals surface area contributed by atoms with Crippen LogP contribution in [0.3, 0.4) is 0 Å². The molecule has 1 fully saturated rings. The van der Waals surface area contributed by atoms with E-state index in [4.69, 9.17) is 12.2 Å². The van der Waals surface area contributed by atoms with Crippen LogP contribution in [0, 0.1) is 6.92 Å². The number of thioether (sulfide) groups is 1. The summed E-state index contributed by atoms with van der Waals surface area (Å²) < 4.78 is 0.268. The van der Waals surface area contributed by atoms with Crippen LogP contribution in [0.1, 0.15) is 30.9 Å². The first-order valence-electron chi connectivity index (χ1n) is 8.14. The number of carbonyl (C=O) groups is 3. The van der Waals surface area contributed by atoms with Crippen molar-refractivity contribution in [3.63, 3.8) is 0 Å². The second kappa shape index (κ2) is 8.95. The summed E-state index contributed by atoms with van der Waals surface area (Å²) in [4.78, 5) is 37.2. The number of carboxylic acids is 1. The third kappa shape index (κ3) is 5.15. The lowest BCUT2D eigenvalue weighted by molar-refractivity contribution is -0.308. The molecule has 1 aromatic carbocycles. The van der Waals surface area contributed by atoms with Crippen LogP contribution in [0.5, 0.6) is 0 Å². The minimum Gasteiger partial charge on any atom is -0.548 e. The Labute approximate surface area is 161 Å². The van der Waals surface area contributed by atoms with Crippen molar-refractivity contribution in [2.45, 2.75) is 32.7 Å². The number of rotatable bonds is 7. The molecule has 1 aliphatic heterocycles. The van der Waals surface area contributed by atoms with Crippen molar-refractivity contribution < 1.29 is 19.5 Å². The Morgan fingerprint density at radius 1 is 1.35 bits per heavy atom. The van der Waals surface area contributed by atoms with Gasteiger partial charge in [-0.2, -0.15) is 0 Å². The second-order valence-electron chi connectivity index (χ2n) is 5.91. The Balaban J connectivity index is 2.05. The van der Waals surface area contributed by atoms with Gasteiger partial charge in [0.15, 0.2) is 0 Å². The number of nitrogens with one attached hydrogen (secondary N) is 1. The van der Waals surface area contributed by atoms with E-state index >= 15 is 0 Å². The van der Waals surface area contributed by atoms with Crippen LogP contribution in [0.2, 0.25) is 0 Å². The lowest BCUT2D eigenvalue weighted by atomic mass is 10.1. The number of hydrogen-bond acceptors (Lipinski definition) is 6. The predicted molar refractivity (Wildman–Crippen MR) is 103 cm³/mol. The first-order chi connectivity index (χ1) is 12.3. The van der Waals surface area contributed by atoms with Crippen molar-refractivity contribution in [2.24, 2.45) is 0 Å². The molecule has 1 heterocycles. The van der Waals surface area contributed by atoms with Crippen LogP contribution in [-0.2, 0) is 14.4 Å². The second-order valence-corrected chi connectivity index (χ2v) is 7.58. The molecule has 0 unspecified atom stereocenters. The monoisotopic (exact) mass is 391 g/mol. The van der Waals surface area contributed by atoms with Gasteiger partial charge in [-0.25, -0.2) is 0 Å². The summed E-state index contributed by atoms with van der Waals surface area (Å²) in [6.07, 6.45) is 2.57. The van der Waals surface area contributed by atoms with E-state index in [1.807, 2.05) is 31.2 Å². The van der Waals surface area contributed by atoms with Gasteiger partial charge in [0.25, 0.3) is 5.91 Å². The molecule has 2 amide bonds. The average molecular weight is 391 g/mol. The Kier molecular flexibility index (Phi) is 6.93. The van der Waals surface area contributed by atoms with Gasteiger partial charge in [0, 0.05) is 0 Å². The topological polar surface area (TPSA) is 89.5 Å². The molecule has 8 heteroatoms. The Hall–Kier alpha value is -2.19. The molecule has 0 aliphatic carbocycles. The summed E-state index contributed by atoms with van der Waals surface area (Å²) >= 11 is 6.30. The van der Waals surface area contributed by atoms with Crippen LogP contribution in [0.25, 0.3) is 6.08 Å². The van der Waals surface area contributed by atoms with Gasteiger partial charge in [-0.1, -0.05) is 67.2 Å². The van der Waals surface area contributed by atoms with E-state index in [2.05, 4.69) is 5.32 Å². The molecule has 138 valence electrons. The van der Waals surface area contributed by atoms with E-state index in [-0.39, 0.29) is 23.2 Å². The maximum atomic E-state index is 12.5. The predicted octanol–water partition coefficient (Wildman–Crippen LogP) is 1.23. The highest BCUT2D eigenvalue weighted by molar-refractivity contribution is 8.26. The maximum absolute atomic E-state index is 12.5. The number of aliphatic carboxylic acids is 1. The van der Waals surface area contributed by atoms with E-state index in [1.54, 1.807) is 13.0 Å². The van der Waals surface area contributed by atoms with Gasteiger partial charge in [0.2, 0.25) is 5.91 Å². The van der Waals surface area contributed by atoms with E-state index in [0.29, 0.717) is 11.3 Å². The van der Waals surface area contributed by atoms with E-state index in [1.165, 1.54) is 4.90 Å². The average Bonchev–Trinajstić information content (AvgIpc) is 2.84. The highest BCUT2D eigenvalue weighted by atomic mass is 32.2. The van der Waals surface area contributed by atoms with Crippen LogP contribution in [-0.4, -0.2) is 39.6 Å². The van der Waals surface area contributed by atoms with Crippen LogP contribution in [0.15, 0.2) is 29.2 Å². The minimum absolute atomic E-state index is 0.264. The molecule has 26 heavy (non-hydrogen) atoms. The third-order valence-electron chi connectivity index (χ3n) is 3.75. The maximum Gasteiger partial charge on any atom is 0.266 e. The summed E-state index contributed by atoms with van der Waals surface area (Å²) in [5, 5.41) is 13.4. The zero-order valence-corrected chi connectivity index (χ0v) is 16.1. The molecule has 1 saturated heterocycles. The molecule has 0 radical (unpaired) electrons.